The minimum absolute atomic E-state index is 0.415. The van der Waals surface area contributed by atoms with Gasteiger partial charge in [-0.15, -0.1) is 0 Å². The van der Waals surface area contributed by atoms with Crippen molar-refractivity contribution in [3.63, 3.8) is 0 Å². The minimum atomic E-state index is -4.49. The highest BCUT2D eigenvalue weighted by atomic mass is 19.4. The average molecular weight is 781 g/mol. The number of benzene rings is 4. The largest absolute Gasteiger partial charge is 0.416 e. The van der Waals surface area contributed by atoms with Crippen LogP contribution >= 0.6 is 0 Å². The van der Waals surface area contributed by atoms with Crippen molar-refractivity contribution in [3.05, 3.63) is 167 Å². The van der Waals surface area contributed by atoms with Gasteiger partial charge < -0.3 is 20.6 Å². The summed E-state index contributed by atoms with van der Waals surface area (Å²) in [6.45, 7) is 0. The number of rotatable bonds is 6. The van der Waals surface area contributed by atoms with Gasteiger partial charge in [0, 0.05) is 33.5 Å². The average Bonchev–Trinajstić information content (AvgIpc) is 4.06. The molecule has 0 atom stereocenters. The number of aromatic amines is 2. The van der Waals surface area contributed by atoms with Crippen LogP contribution in [0.3, 0.4) is 0 Å². The minimum Gasteiger partial charge on any atom is -0.353 e. The first-order valence-electron chi connectivity index (χ1n) is 18.1. The van der Waals surface area contributed by atoms with Gasteiger partial charge in [-0.2, -0.15) is 26.3 Å². The van der Waals surface area contributed by atoms with Crippen molar-refractivity contribution in [2.45, 2.75) is 12.4 Å². The van der Waals surface area contributed by atoms with E-state index >= 15 is 0 Å². The van der Waals surface area contributed by atoms with E-state index in [4.69, 9.17) is 9.97 Å². The number of aromatic nitrogens is 4. The van der Waals surface area contributed by atoms with Crippen molar-refractivity contribution in [1.29, 1.82) is 0 Å². The molecule has 0 fully saturated rings. The smallest absolute Gasteiger partial charge is 0.353 e. The molecule has 4 N–H and O–H groups in total. The Kier molecular flexibility index (Phi) is 8.96. The van der Waals surface area contributed by atoms with Crippen LogP contribution in [0.25, 0.3) is 68.6 Å². The molecule has 0 spiro atoms. The second-order valence-electron chi connectivity index (χ2n) is 13.6. The molecule has 5 heterocycles. The lowest BCUT2D eigenvalue weighted by molar-refractivity contribution is -0.138. The van der Waals surface area contributed by atoms with E-state index in [9.17, 15) is 26.3 Å². The SMILES string of the molecule is FC(F)(F)c1ccc(Nc2c3nc(c(-c4ccccc4)c4ccc([nH]4)c(Nc4ccc(C(F)(F)F)cc4)c4ccc([nH]4)c(-c4ccccc4)c4nc2C=C4)C=C3)cc1. The summed E-state index contributed by atoms with van der Waals surface area (Å²) >= 11 is 0. The summed E-state index contributed by atoms with van der Waals surface area (Å²) in [5.74, 6) is 0. The molecule has 7 aromatic rings. The van der Waals surface area contributed by atoms with E-state index < -0.39 is 23.5 Å². The second-order valence-corrected chi connectivity index (χ2v) is 13.6. The molecule has 0 saturated heterocycles. The van der Waals surface area contributed by atoms with Gasteiger partial charge in [0.1, 0.15) is 0 Å². The zero-order chi connectivity index (χ0) is 40.0. The van der Waals surface area contributed by atoms with Crippen LogP contribution in [0.15, 0.2) is 133 Å². The first-order chi connectivity index (χ1) is 28.0. The Labute approximate surface area is 327 Å². The van der Waals surface area contributed by atoms with Crippen molar-refractivity contribution in [3.8, 4) is 22.3 Å². The van der Waals surface area contributed by atoms with Gasteiger partial charge in [-0.1, -0.05) is 60.7 Å². The standard InChI is InChI=1S/C46H30F6N6/c47-45(48,49)29-11-15-31(16-12-29)53-43-37-23-19-33(55-37)41(27-7-3-1-4-8-27)34-20-24-38(56-34)44(54-32-17-13-30(14-18-32)46(50,51)52)40-26-22-36(58-40)42(28-9-5-2-6-10-28)35-21-25-39(43)57-35/h1-26,53-55,57H. The monoisotopic (exact) mass is 780 g/mol. The van der Waals surface area contributed by atoms with E-state index in [1.807, 2.05) is 109 Å². The van der Waals surface area contributed by atoms with Crippen LogP contribution in [0.1, 0.15) is 33.9 Å². The van der Waals surface area contributed by atoms with Gasteiger partial charge in [0.2, 0.25) is 0 Å². The van der Waals surface area contributed by atoms with E-state index in [-0.39, 0.29) is 0 Å². The molecule has 286 valence electrons. The molecule has 0 unspecified atom stereocenters. The van der Waals surface area contributed by atoms with Crippen LogP contribution < -0.4 is 10.6 Å². The van der Waals surface area contributed by atoms with Gasteiger partial charge in [-0.3, -0.25) is 0 Å². The molecule has 0 amide bonds. The van der Waals surface area contributed by atoms with Crippen molar-refractivity contribution in [2.24, 2.45) is 0 Å². The molecule has 3 aromatic heterocycles. The van der Waals surface area contributed by atoms with E-state index in [2.05, 4.69) is 20.6 Å². The van der Waals surface area contributed by atoms with Crippen LogP contribution in [0, 0.1) is 0 Å². The maximum Gasteiger partial charge on any atom is 0.416 e. The maximum absolute atomic E-state index is 13.5. The van der Waals surface area contributed by atoms with Gasteiger partial charge in [0.05, 0.1) is 56.3 Å². The highest BCUT2D eigenvalue weighted by molar-refractivity contribution is 5.99. The molecule has 9 rings (SSSR count). The Morgan fingerprint density at radius 3 is 1.14 bits per heavy atom. The van der Waals surface area contributed by atoms with Crippen molar-refractivity contribution in [1.82, 2.24) is 19.9 Å². The second kappa shape index (κ2) is 14.3. The van der Waals surface area contributed by atoms with Crippen molar-refractivity contribution < 1.29 is 26.3 Å². The van der Waals surface area contributed by atoms with E-state index in [0.29, 0.717) is 67.6 Å². The molecule has 58 heavy (non-hydrogen) atoms. The van der Waals surface area contributed by atoms with Gasteiger partial charge in [0.25, 0.3) is 0 Å². The summed E-state index contributed by atoms with van der Waals surface area (Å²) in [4.78, 5) is 17.3. The third-order valence-electron chi connectivity index (χ3n) is 9.84. The summed E-state index contributed by atoms with van der Waals surface area (Å²) in [5, 5.41) is 6.68. The maximum atomic E-state index is 13.5. The van der Waals surface area contributed by atoms with E-state index in [0.717, 1.165) is 46.5 Å². The number of hydrogen-bond donors (Lipinski definition) is 4. The molecule has 12 heteroatoms. The number of fused-ring (bicyclic) bond motifs is 8. The Hall–Kier alpha value is -7.34. The topological polar surface area (TPSA) is 81.4 Å². The molecular formula is C46H30F6N6. The van der Waals surface area contributed by atoms with Gasteiger partial charge in [-0.25, -0.2) is 9.97 Å². The Morgan fingerprint density at radius 1 is 0.379 bits per heavy atom. The first-order valence-corrected chi connectivity index (χ1v) is 18.1. The van der Waals surface area contributed by atoms with E-state index in [1.54, 1.807) is 0 Å². The van der Waals surface area contributed by atoms with Crippen LogP contribution in [0.4, 0.5) is 49.1 Å². The summed E-state index contributed by atoms with van der Waals surface area (Å²) < 4.78 is 80.9. The fourth-order valence-corrected chi connectivity index (χ4v) is 7.06. The number of hydrogen-bond acceptors (Lipinski definition) is 4. The van der Waals surface area contributed by atoms with Crippen LogP contribution in [-0.2, 0) is 12.4 Å². The number of anilines is 4. The van der Waals surface area contributed by atoms with Gasteiger partial charge >= 0.3 is 12.4 Å². The molecular weight excluding hydrogens is 751 g/mol. The van der Waals surface area contributed by atoms with Gasteiger partial charge in [-0.05, 0) is 108 Å². The van der Waals surface area contributed by atoms with Crippen LogP contribution in [0.2, 0.25) is 0 Å². The highest BCUT2D eigenvalue weighted by Crippen LogP contribution is 2.39. The molecule has 0 aliphatic carbocycles. The summed E-state index contributed by atoms with van der Waals surface area (Å²) in [7, 11) is 0. The predicted molar refractivity (Wildman–Crippen MR) is 219 cm³/mol. The zero-order valence-corrected chi connectivity index (χ0v) is 30.2. The Balaban J connectivity index is 1.34. The quantitative estimate of drug-likeness (QED) is 0.127. The van der Waals surface area contributed by atoms with E-state index in [1.165, 1.54) is 24.3 Å². The first kappa shape index (κ1) is 36.3. The Bertz CT molecular complexity index is 2750. The zero-order valence-electron chi connectivity index (χ0n) is 30.2. The van der Waals surface area contributed by atoms with Gasteiger partial charge in [0.15, 0.2) is 0 Å². The molecule has 0 radical (unpaired) electrons. The number of H-pyrrole nitrogens is 2. The van der Waals surface area contributed by atoms with Crippen molar-refractivity contribution >= 4 is 69.1 Å². The molecule has 2 aliphatic heterocycles. The lowest BCUT2D eigenvalue weighted by Gasteiger charge is -2.11. The molecule has 0 saturated carbocycles. The molecule has 8 bridgehead atoms. The van der Waals surface area contributed by atoms with Crippen LogP contribution in [0.5, 0.6) is 0 Å². The molecule has 2 aliphatic rings. The summed E-state index contributed by atoms with van der Waals surface area (Å²) in [5.41, 5.74) is 8.55. The van der Waals surface area contributed by atoms with Crippen molar-refractivity contribution in [2.75, 3.05) is 10.6 Å². The van der Waals surface area contributed by atoms with Crippen LogP contribution in [-0.4, -0.2) is 19.9 Å². The highest BCUT2D eigenvalue weighted by Gasteiger charge is 2.31. The summed E-state index contributed by atoms with van der Waals surface area (Å²) in [6, 6.07) is 36.6. The summed E-state index contributed by atoms with van der Waals surface area (Å²) in [6.07, 6.45) is -1.55. The number of nitrogens with zero attached hydrogens (tertiary/aromatic N) is 2. The normalized spacial score (nSPS) is 12.5. The number of alkyl halides is 6. The fraction of sp³-hybridized carbons (Fsp3) is 0.0435. The fourth-order valence-electron chi connectivity index (χ4n) is 7.06. The molecule has 4 aromatic carbocycles. The Morgan fingerprint density at radius 2 is 0.741 bits per heavy atom. The third kappa shape index (κ3) is 7.11. The number of halogens is 6. The number of nitrogens with one attached hydrogen (secondary N) is 4. The lowest BCUT2D eigenvalue weighted by atomic mass is 10.0. The third-order valence-corrected chi connectivity index (χ3v) is 9.84. The lowest BCUT2D eigenvalue weighted by Crippen LogP contribution is -2.04. The predicted octanol–water partition coefficient (Wildman–Crippen LogP) is 13.5. The molecule has 6 nitrogen and oxygen atoms in total.